The third-order valence-electron chi connectivity index (χ3n) is 3.43. The molecule has 2 saturated heterocycles. The highest BCUT2D eigenvalue weighted by Crippen LogP contribution is 2.29. The minimum Gasteiger partial charge on any atom is -0.480 e. The van der Waals surface area contributed by atoms with E-state index in [1.165, 1.54) is 6.92 Å². The van der Waals surface area contributed by atoms with Gasteiger partial charge in [0.1, 0.15) is 6.04 Å². The summed E-state index contributed by atoms with van der Waals surface area (Å²) in [6.07, 6.45) is 1.73. The van der Waals surface area contributed by atoms with Gasteiger partial charge in [-0.15, -0.1) is 0 Å². The number of carbonyl (C=O) groups is 2. The maximum absolute atomic E-state index is 11.1. The van der Waals surface area contributed by atoms with E-state index in [1.54, 1.807) is 0 Å². The van der Waals surface area contributed by atoms with Crippen LogP contribution in [0.4, 0.5) is 0 Å². The molecule has 1 spiro atoms. The Labute approximate surface area is 111 Å². The van der Waals surface area contributed by atoms with Crippen LogP contribution in [0.25, 0.3) is 0 Å². The van der Waals surface area contributed by atoms with Crippen LogP contribution in [0.2, 0.25) is 0 Å². The van der Waals surface area contributed by atoms with Crippen molar-refractivity contribution in [2.24, 2.45) is 0 Å². The molecule has 2 aliphatic rings. The third-order valence-corrected chi connectivity index (χ3v) is 3.43. The number of hydrogen-bond acceptors (Lipinski definition) is 5. The first-order valence-electron chi connectivity index (χ1n) is 6.51. The number of nitrogens with zero attached hydrogens (tertiary/aromatic N) is 1. The number of carboxylic acid groups (broad SMARTS) is 1. The van der Waals surface area contributed by atoms with E-state index in [2.05, 4.69) is 5.32 Å². The average molecular weight is 272 g/mol. The summed E-state index contributed by atoms with van der Waals surface area (Å²) in [6.45, 7) is 4.10. The van der Waals surface area contributed by atoms with Crippen molar-refractivity contribution < 1.29 is 24.2 Å². The minimum atomic E-state index is -1.02. The highest BCUT2D eigenvalue weighted by molar-refractivity contribution is 5.82. The molecule has 0 bridgehead atoms. The number of rotatable bonds is 4. The number of amides is 1. The van der Waals surface area contributed by atoms with Gasteiger partial charge in [-0.2, -0.15) is 0 Å². The standard InChI is InChI=1S/C12H20N2O5/c1-9(15)13-10(11(16)17)7-14-4-2-3-12(8-14)18-5-6-19-12/h10H,2-8H2,1H3,(H,13,15)(H,16,17). The molecule has 2 N–H and O–H groups in total. The zero-order valence-electron chi connectivity index (χ0n) is 11.1. The van der Waals surface area contributed by atoms with Crippen LogP contribution < -0.4 is 5.32 Å². The van der Waals surface area contributed by atoms with Gasteiger partial charge < -0.3 is 19.9 Å². The molecule has 1 amide bonds. The highest BCUT2D eigenvalue weighted by Gasteiger charge is 2.41. The summed E-state index contributed by atoms with van der Waals surface area (Å²) >= 11 is 0. The van der Waals surface area contributed by atoms with E-state index in [0.717, 1.165) is 19.4 Å². The molecule has 108 valence electrons. The lowest BCUT2D eigenvalue weighted by Crippen LogP contribution is -2.54. The zero-order valence-corrected chi connectivity index (χ0v) is 11.1. The molecule has 7 heteroatoms. The second-order valence-electron chi connectivity index (χ2n) is 5.04. The Morgan fingerprint density at radius 2 is 2.11 bits per heavy atom. The summed E-state index contributed by atoms with van der Waals surface area (Å²) in [5.74, 6) is -1.94. The van der Waals surface area contributed by atoms with Crippen molar-refractivity contribution in [3.63, 3.8) is 0 Å². The van der Waals surface area contributed by atoms with Crippen molar-refractivity contribution in [2.45, 2.75) is 31.6 Å². The van der Waals surface area contributed by atoms with E-state index in [0.29, 0.717) is 19.8 Å². The Balaban J connectivity index is 1.93. The van der Waals surface area contributed by atoms with Crippen LogP contribution >= 0.6 is 0 Å². The van der Waals surface area contributed by atoms with Crippen molar-refractivity contribution in [1.29, 1.82) is 0 Å². The van der Waals surface area contributed by atoms with Gasteiger partial charge in [0.05, 0.1) is 19.8 Å². The lowest BCUT2D eigenvalue weighted by Gasteiger charge is -2.39. The molecule has 0 saturated carbocycles. The molecular formula is C12H20N2O5. The molecule has 2 fully saturated rings. The molecule has 0 aromatic carbocycles. The van der Waals surface area contributed by atoms with Gasteiger partial charge >= 0.3 is 5.97 Å². The SMILES string of the molecule is CC(=O)NC(CN1CCCC2(C1)OCCO2)C(=O)O. The van der Waals surface area contributed by atoms with Gasteiger partial charge in [0.25, 0.3) is 0 Å². The van der Waals surface area contributed by atoms with Gasteiger partial charge in [0.2, 0.25) is 5.91 Å². The fourth-order valence-electron chi connectivity index (χ4n) is 2.65. The van der Waals surface area contributed by atoms with Gasteiger partial charge in [-0.05, 0) is 13.0 Å². The number of aliphatic carboxylic acids is 1. The van der Waals surface area contributed by atoms with Crippen LogP contribution in [0.3, 0.4) is 0 Å². The fourth-order valence-corrected chi connectivity index (χ4v) is 2.65. The van der Waals surface area contributed by atoms with E-state index in [4.69, 9.17) is 14.6 Å². The van der Waals surface area contributed by atoms with Crippen LogP contribution in [0.5, 0.6) is 0 Å². The molecule has 2 aliphatic heterocycles. The zero-order chi connectivity index (χ0) is 13.9. The van der Waals surface area contributed by atoms with Crippen LogP contribution in [0, 0.1) is 0 Å². The Kier molecular flexibility index (Phi) is 4.38. The average Bonchev–Trinajstić information content (AvgIpc) is 2.76. The molecule has 0 aromatic heterocycles. The Hall–Kier alpha value is -1.18. The number of piperidine rings is 1. The molecule has 19 heavy (non-hydrogen) atoms. The second kappa shape index (κ2) is 5.85. The van der Waals surface area contributed by atoms with Gasteiger partial charge in [-0.3, -0.25) is 9.69 Å². The number of hydrogen-bond donors (Lipinski definition) is 2. The summed E-state index contributed by atoms with van der Waals surface area (Å²) in [5, 5.41) is 11.5. The monoisotopic (exact) mass is 272 g/mol. The first-order chi connectivity index (χ1) is 9.01. The molecule has 7 nitrogen and oxygen atoms in total. The number of ether oxygens (including phenoxy) is 2. The van der Waals surface area contributed by atoms with Crippen LogP contribution in [0.1, 0.15) is 19.8 Å². The van der Waals surface area contributed by atoms with Gasteiger partial charge in [0, 0.05) is 19.9 Å². The van der Waals surface area contributed by atoms with Crippen LogP contribution in [0.15, 0.2) is 0 Å². The van der Waals surface area contributed by atoms with E-state index in [-0.39, 0.29) is 12.5 Å². The van der Waals surface area contributed by atoms with Crippen molar-refractivity contribution >= 4 is 11.9 Å². The Bertz CT molecular complexity index is 354. The molecule has 1 unspecified atom stereocenters. The summed E-state index contributed by atoms with van der Waals surface area (Å²) in [5.41, 5.74) is 0. The maximum atomic E-state index is 11.1. The van der Waals surface area contributed by atoms with E-state index < -0.39 is 17.8 Å². The smallest absolute Gasteiger partial charge is 0.327 e. The number of carbonyl (C=O) groups excluding carboxylic acids is 1. The molecule has 2 heterocycles. The second-order valence-corrected chi connectivity index (χ2v) is 5.04. The first-order valence-corrected chi connectivity index (χ1v) is 6.51. The normalized spacial score (nSPS) is 24.3. The molecule has 0 aliphatic carbocycles. The number of nitrogens with one attached hydrogen (secondary N) is 1. The van der Waals surface area contributed by atoms with Crippen LogP contribution in [-0.2, 0) is 19.1 Å². The van der Waals surface area contributed by atoms with Crippen molar-refractivity contribution in [1.82, 2.24) is 10.2 Å². The summed E-state index contributed by atoms with van der Waals surface area (Å²) < 4.78 is 11.3. The predicted molar refractivity (Wildman–Crippen MR) is 65.5 cm³/mol. The van der Waals surface area contributed by atoms with Crippen molar-refractivity contribution in [3.8, 4) is 0 Å². The Morgan fingerprint density at radius 1 is 1.42 bits per heavy atom. The quantitative estimate of drug-likeness (QED) is 0.711. The number of likely N-dealkylation sites (tertiary alicyclic amines) is 1. The molecule has 2 rings (SSSR count). The van der Waals surface area contributed by atoms with Gasteiger partial charge in [0.15, 0.2) is 5.79 Å². The molecule has 0 radical (unpaired) electrons. The van der Waals surface area contributed by atoms with Gasteiger partial charge in [-0.1, -0.05) is 0 Å². The summed E-state index contributed by atoms with van der Waals surface area (Å²) in [7, 11) is 0. The van der Waals surface area contributed by atoms with Crippen molar-refractivity contribution in [3.05, 3.63) is 0 Å². The summed E-state index contributed by atoms with van der Waals surface area (Å²) in [6, 6.07) is -0.894. The highest BCUT2D eigenvalue weighted by atomic mass is 16.7. The maximum Gasteiger partial charge on any atom is 0.327 e. The lowest BCUT2D eigenvalue weighted by atomic mass is 10.0. The predicted octanol–water partition coefficient (Wildman–Crippen LogP) is -0.585. The minimum absolute atomic E-state index is 0.267. The Morgan fingerprint density at radius 3 is 2.68 bits per heavy atom. The first kappa shape index (κ1) is 14.2. The lowest BCUT2D eigenvalue weighted by molar-refractivity contribution is -0.190. The third kappa shape index (κ3) is 3.65. The fraction of sp³-hybridized carbons (Fsp3) is 0.833. The molecule has 1 atom stereocenters. The van der Waals surface area contributed by atoms with E-state index in [1.807, 2.05) is 4.90 Å². The van der Waals surface area contributed by atoms with Gasteiger partial charge in [-0.25, -0.2) is 4.79 Å². The van der Waals surface area contributed by atoms with Crippen molar-refractivity contribution in [2.75, 3.05) is 32.8 Å². The summed E-state index contributed by atoms with van der Waals surface area (Å²) in [4.78, 5) is 24.1. The molecular weight excluding hydrogens is 252 g/mol. The largest absolute Gasteiger partial charge is 0.480 e. The molecule has 0 aromatic rings. The topological polar surface area (TPSA) is 88.1 Å². The van der Waals surface area contributed by atoms with E-state index in [9.17, 15) is 9.59 Å². The van der Waals surface area contributed by atoms with E-state index >= 15 is 0 Å². The van der Waals surface area contributed by atoms with Crippen LogP contribution in [-0.4, -0.2) is 66.6 Å². The number of carboxylic acids is 1.